The van der Waals surface area contributed by atoms with Crippen LogP contribution in [0.3, 0.4) is 0 Å². The van der Waals surface area contributed by atoms with Gasteiger partial charge < -0.3 is 0 Å². The molecule has 0 atom stereocenters. The molecule has 0 saturated heterocycles. The number of carbonyl (C=O) groups excluding carboxylic acids is 4. The number of carbonyl (C=O) groups is 4. The summed E-state index contributed by atoms with van der Waals surface area (Å²) in [6.07, 6.45) is 0. The van der Waals surface area contributed by atoms with E-state index in [9.17, 15) is 19.2 Å². The van der Waals surface area contributed by atoms with Crippen LogP contribution in [-0.4, -0.2) is 23.1 Å². The summed E-state index contributed by atoms with van der Waals surface area (Å²) in [6, 6.07) is 0. The molecule has 89 valence electrons. The molecule has 0 spiro atoms. The quantitative estimate of drug-likeness (QED) is 0.536. The first-order chi connectivity index (χ1) is 6.29. The first kappa shape index (κ1) is 16.6. The summed E-state index contributed by atoms with van der Waals surface area (Å²) in [7, 11) is 0. The minimum Gasteiger partial charge on any atom is -0.299 e. The van der Waals surface area contributed by atoms with E-state index in [2.05, 4.69) is 0 Å². The Morgan fingerprint density at radius 2 is 0.733 bits per heavy atom. The van der Waals surface area contributed by atoms with Gasteiger partial charge in [-0.15, -0.1) is 0 Å². The van der Waals surface area contributed by atoms with E-state index in [-0.39, 0.29) is 17.1 Å². The summed E-state index contributed by atoms with van der Waals surface area (Å²) in [6.45, 7) is 4.85. The molecule has 0 N–H and O–H groups in total. The summed E-state index contributed by atoms with van der Waals surface area (Å²) in [4.78, 5) is 44.4. The zero-order valence-corrected chi connectivity index (χ0v) is 10.0. The zero-order valence-electron chi connectivity index (χ0n) is 9.09. The van der Waals surface area contributed by atoms with Crippen molar-refractivity contribution in [3.05, 3.63) is 0 Å². The molecule has 0 aromatic heterocycles. The molecule has 0 bridgehead atoms. The molecule has 15 heavy (non-hydrogen) atoms. The Morgan fingerprint density at radius 1 is 0.600 bits per heavy atom. The number of Topliss-reactive ketones (excluding diaryl/α,β-unsaturated/α-hetero) is 4. The average molecular weight is 262 g/mol. The molecule has 5 heteroatoms. The third-order valence-corrected chi connectivity index (χ3v) is 2.09. The molecule has 0 unspecified atom stereocenters. The van der Waals surface area contributed by atoms with E-state index in [1.165, 1.54) is 27.7 Å². The molecule has 0 aliphatic carbocycles. The third-order valence-electron chi connectivity index (χ3n) is 2.09. The standard InChI is InChI=1S/C10H14O4.Cu/c1-5(11)9(6(2)12)10(7(3)13)8(4)14;/h9-10H,1-4H3;. The first-order valence-electron chi connectivity index (χ1n) is 4.30. The van der Waals surface area contributed by atoms with Gasteiger partial charge >= 0.3 is 0 Å². The normalized spacial score (nSPS) is 9.73. The fourth-order valence-corrected chi connectivity index (χ4v) is 1.51. The molecule has 4 nitrogen and oxygen atoms in total. The van der Waals surface area contributed by atoms with Crippen molar-refractivity contribution in [2.45, 2.75) is 27.7 Å². The van der Waals surface area contributed by atoms with Crippen molar-refractivity contribution < 1.29 is 36.2 Å². The number of ketones is 4. The van der Waals surface area contributed by atoms with Crippen LogP contribution in [0.1, 0.15) is 27.7 Å². The Labute approximate surface area is 99.3 Å². The van der Waals surface area contributed by atoms with E-state index in [0.717, 1.165) is 0 Å². The van der Waals surface area contributed by atoms with Gasteiger partial charge in [0, 0.05) is 17.1 Å². The second-order valence-corrected chi connectivity index (χ2v) is 3.40. The summed E-state index contributed by atoms with van der Waals surface area (Å²) < 4.78 is 0. The molecule has 0 rings (SSSR count). The van der Waals surface area contributed by atoms with E-state index >= 15 is 0 Å². The molecule has 0 aromatic carbocycles. The predicted octanol–water partition coefficient (Wildman–Crippen LogP) is 0.572. The smallest absolute Gasteiger partial charge is 0.141 e. The van der Waals surface area contributed by atoms with Crippen LogP contribution in [0.15, 0.2) is 0 Å². The van der Waals surface area contributed by atoms with Crippen LogP contribution < -0.4 is 0 Å². The predicted molar refractivity (Wildman–Crippen MR) is 49.7 cm³/mol. The Kier molecular flexibility index (Phi) is 7.36. The average Bonchev–Trinajstić information content (AvgIpc) is 1.96. The monoisotopic (exact) mass is 261 g/mol. The van der Waals surface area contributed by atoms with E-state index in [0.29, 0.717) is 0 Å². The summed E-state index contributed by atoms with van der Waals surface area (Å²) >= 11 is 0. The SMILES string of the molecule is CC(=O)C(C(C)=O)C(C(C)=O)C(C)=O.[Cu]. The fraction of sp³-hybridized carbons (Fsp3) is 0.600. The van der Waals surface area contributed by atoms with Gasteiger partial charge in [0.25, 0.3) is 0 Å². The van der Waals surface area contributed by atoms with Crippen LogP contribution in [0.5, 0.6) is 0 Å². The fourth-order valence-electron chi connectivity index (χ4n) is 1.51. The summed E-state index contributed by atoms with van der Waals surface area (Å²) in [5, 5.41) is 0. The molecule has 0 heterocycles. The third kappa shape index (κ3) is 4.49. The molecule has 0 aliphatic rings. The van der Waals surface area contributed by atoms with Crippen molar-refractivity contribution in [3.63, 3.8) is 0 Å². The van der Waals surface area contributed by atoms with Gasteiger partial charge in [0.2, 0.25) is 0 Å². The summed E-state index contributed by atoms with van der Waals surface area (Å²) in [5.74, 6) is -3.96. The van der Waals surface area contributed by atoms with E-state index in [4.69, 9.17) is 0 Å². The largest absolute Gasteiger partial charge is 0.299 e. The van der Waals surface area contributed by atoms with Crippen molar-refractivity contribution in [3.8, 4) is 0 Å². The Bertz CT molecular complexity index is 238. The Hall–Kier alpha value is -0.801. The Morgan fingerprint density at radius 3 is 0.800 bits per heavy atom. The number of hydrogen-bond acceptors (Lipinski definition) is 4. The van der Waals surface area contributed by atoms with Crippen LogP contribution in [0.4, 0.5) is 0 Å². The van der Waals surface area contributed by atoms with E-state index < -0.39 is 35.0 Å². The molecule has 0 aromatic rings. The van der Waals surface area contributed by atoms with Gasteiger partial charge in [0.1, 0.15) is 23.1 Å². The minimum atomic E-state index is -1.11. The maximum Gasteiger partial charge on any atom is 0.141 e. The van der Waals surface area contributed by atoms with Gasteiger partial charge in [-0.3, -0.25) is 19.2 Å². The molecular weight excluding hydrogens is 248 g/mol. The van der Waals surface area contributed by atoms with Gasteiger partial charge in [-0.25, -0.2) is 0 Å². The Balaban J connectivity index is 0. The topological polar surface area (TPSA) is 68.3 Å². The maximum atomic E-state index is 11.1. The van der Waals surface area contributed by atoms with E-state index in [1.807, 2.05) is 0 Å². The molecule has 1 radical (unpaired) electrons. The second kappa shape index (κ2) is 6.64. The van der Waals surface area contributed by atoms with Crippen LogP contribution in [0.2, 0.25) is 0 Å². The van der Waals surface area contributed by atoms with Crippen molar-refractivity contribution in [2.24, 2.45) is 11.8 Å². The molecule has 0 amide bonds. The maximum absolute atomic E-state index is 11.1. The molecule has 0 aliphatic heterocycles. The van der Waals surface area contributed by atoms with Gasteiger partial charge in [-0.1, -0.05) is 0 Å². The van der Waals surface area contributed by atoms with E-state index in [1.54, 1.807) is 0 Å². The van der Waals surface area contributed by atoms with Gasteiger partial charge in [0.15, 0.2) is 0 Å². The minimum absolute atomic E-state index is 0. The zero-order chi connectivity index (χ0) is 11.5. The number of hydrogen-bond donors (Lipinski definition) is 0. The molecule has 0 fully saturated rings. The van der Waals surface area contributed by atoms with Gasteiger partial charge in [0.05, 0.1) is 11.8 Å². The first-order valence-corrected chi connectivity index (χ1v) is 4.30. The van der Waals surface area contributed by atoms with Crippen molar-refractivity contribution in [2.75, 3.05) is 0 Å². The van der Waals surface area contributed by atoms with Gasteiger partial charge in [-0.2, -0.15) is 0 Å². The van der Waals surface area contributed by atoms with Crippen LogP contribution in [-0.2, 0) is 36.2 Å². The number of rotatable bonds is 5. The van der Waals surface area contributed by atoms with Crippen molar-refractivity contribution in [1.82, 2.24) is 0 Å². The molecule has 0 saturated carbocycles. The van der Waals surface area contributed by atoms with Crippen molar-refractivity contribution in [1.29, 1.82) is 0 Å². The summed E-state index contributed by atoms with van der Waals surface area (Å²) in [5.41, 5.74) is 0. The molecular formula is C10H14CuO4. The second-order valence-electron chi connectivity index (χ2n) is 3.40. The van der Waals surface area contributed by atoms with Crippen LogP contribution in [0, 0.1) is 11.8 Å². The van der Waals surface area contributed by atoms with Crippen LogP contribution in [0.25, 0.3) is 0 Å². The van der Waals surface area contributed by atoms with Gasteiger partial charge in [-0.05, 0) is 27.7 Å². The van der Waals surface area contributed by atoms with Crippen LogP contribution >= 0.6 is 0 Å². The van der Waals surface area contributed by atoms with Crippen molar-refractivity contribution >= 4 is 23.1 Å².